The molecular weight excluding hydrogens is 318 g/mol. The monoisotopic (exact) mass is 339 g/mol. The minimum Gasteiger partial charge on any atom is -0.350 e. The summed E-state index contributed by atoms with van der Waals surface area (Å²) in [4.78, 5) is 12.3. The fourth-order valence-corrected chi connectivity index (χ4v) is 3.58. The summed E-state index contributed by atoms with van der Waals surface area (Å²) in [6, 6.07) is 9.74. The first-order valence-electron chi connectivity index (χ1n) is 7.98. The maximum atomic E-state index is 12.3. The van der Waals surface area contributed by atoms with Crippen LogP contribution in [0.15, 0.2) is 41.1 Å². The molecule has 24 heavy (non-hydrogen) atoms. The number of carbonyl (C=O) groups is 1. The Hall–Kier alpha value is -2.40. The van der Waals surface area contributed by atoms with Gasteiger partial charge >= 0.3 is 0 Å². The Morgan fingerprint density at radius 2 is 2.00 bits per heavy atom. The highest BCUT2D eigenvalue weighted by atomic mass is 32.1. The molecule has 0 saturated heterocycles. The van der Waals surface area contributed by atoms with Crippen LogP contribution in [0.25, 0.3) is 11.1 Å². The second-order valence-electron chi connectivity index (χ2n) is 5.85. The Morgan fingerprint density at radius 1 is 1.21 bits per heavy atom. The molecule has 124 valence electrons. The molecule has 0 fully saturated rings. The van der Waals surface area contributed by atoms with E-state index in [1.165, 1.54) is 11.1 Å². The molecule has 1 amide bonds. The second-order valence-corrected chi connectivity index (χ2v) is 6.63. The lowest BCUT2D eigenvalue weighted by Gasteiger charge is -2.09. The van der Waals surface area contributed by atoms with Crippen molar-refractivity contribution < 1.29 is 4.79 Å². The minimum absolute atomic E-state index is 0.0345. The molecule has 0 saturated carbocycles. The average molecular weight is 339 g/mol. The summed E-state index contributed by atoms with van der Waals surface area (Å²) in [6.45, 7) is 7.27. The molecule has 0 unspecified atom stereocenters. The maximum absolute atomic E-state index is 12.3. The van der Waals surface area contributed by atoms with Gasteiger partial charge in [0.05, 0.1) is 12.2 Å². The third kappa shape index (κ3) is 3.26. The molecule has 2 aromatic heterocycles. The van der Waals surface area contributed by atoms with Crippen molar-refractivity contribution in [2.24, 2.45) is 0 Å². The predicted octanol–water partition coefficient (Wildman–Crippen LogP) is 3.97. The molecule has 5 heteroatoms. The molecule has 3 rings (SSSR count). The Kier molecular flexibility index (Phi) is 4.81. The van der Waals surface area contributed by atoms with Crippen LogP contribution in [0.3, 0.4) is 0 Å². The highest BCUT2D eigenvalue weighted by molar-refractivity contribution is 7.08. The van der Waals surface area contributed by atoms with Gasteiger partial charge in [0.2, 0.25) is 0 Å². The molecule has 1 N–H and O–H groups in total. The van der Waals surface area contributed by atoms with Crippen LogP contribution >= 0.6 is 11.3 Å². The molecule has 0 radical (unpaired) electrons. The normalized spacial score (nSPS) is 10.8. The number of thiophene rings is 1. The Bertz CT molecular complexity index is 850. The molecule has 4 nitrogen and oxygen atoms in total. The van der Waals surface area contributed by atoms with Gasteiger partial charge in [0.1, 0.15) is 0 Å². The van der Waals surface area contributed by atoms with E-state index in [1.54, 1.807) is 11.3 Å². The van der Waals surface area contributed by atoms with Gasteiger partial charge in [-0.2, -0.15) is 16.4 Å². The van der Waals surface area contributed by atoms with E-state index in [9.17, 15) is 4.79 Å². The van der Waals surface area contributed by atoms with Crippen molar-refractivity contribution in [3.05, 3.63) is 63.6 Å². The lowest BCUT2D eigenvalue weighted by Crippen LogP contribution is -2.28. The Balaban J connectivity index is 1.67. The van der Waals surface area contributed by atoms with Crippen molar-refractivity contribution in [3.8, 4) is 11.1 Å². The number of aromatic nitrogens is 2. The van der Waals surface area contributed by atoms with Gasteiger partial charge in [-0.15, -0.1) is 0 Å². The summed E-state index contributed by atoms with van der Waals surface area (Å²) in [7, 11) is 0. The van der Waals surface area contributed by atoms with Crippen LogP contribution in [-0.2, 0) is 6.54 Å². The number of hydrogen-bond donors (Lipinski definition) is 1. The molecule has 0 bridgehead atoms. The minimum atomic E-state index is -0.0345. The SMILES string of the molecule is Cc1ccccc1C(=O)NCCn1nc(C)c(-c2ccsc2)c1C. The fourth-order valence-electron chi connectivity index (χ4n) is 2.94. The smallest absolute Gasteiger partial charge is 0.251 e. The Labute approximate surface area is 146 Å². The molecule has 0 aliphatic rings. The van der Waals surface area contributed by atoms with Crippen LogP contribution in [0.1, 0.15) is 27.3 Å². The average Bonchev–Trinajstić information content (AvgIpc) is 3.16. The van der Waals surface area contributed by atoms with Gasteiger partial charge in [0.25, 0.3) is 5.91 Å². The summed E-state index contributed by atoms with van der Waals surface area (Å²) in [5.41, 5.74) is 6.28. The van der Waals surface area contributed by atoms with Gasteiger partial charge in [-0.25, -0.2) is 0 Å². The number of hydrogen-bond acceptors (Lipinski definition) is 3. The van der Waals surface area contributed by atoms with E-state index >= 15 is 0 Å². The highest BCUT2D eigenvalue weighted by Gasteiger charge is 2.14. The van der Waals surface area contributed by atoms with E-state index in [2.05, 4.69) is 34.2 Å². The predicted molar refractivity (Wildman–Crippen MR) is 98.5 cm³/mol. The largest absolute Gasteiger partial charge is 0.350 e. The summed E-state index contributed by atoms with van der Waals surface area (Å²) < 4.78 is 1.97. The summed E-state index contributed by atoms with van der Waals surface area (Å²) in [5.74, 6) is -0.0345. The van der Waals surface area contributed by atoms with E-state index < -0.39 is 0 Å². The van der Waals surface area contributed by atoms with Crippen LogP contribution < -0.4 is 5.32 Å². The maximum Gasteiger partial charge on any atom is 0.251 e. The van der Waals surface area contributed by atoms with E-state index in [-0.39, 0.29) is 5.91 Å². The van der Waals surface area contributed by atoms with Crippen molar-refractivity contribution >= 4 is 17.2 Å². The van der Waals surface area contributed by atoms with E-state index in [0.717, 1.165) is 22.5 Å². The van der Waals surface area contributed by atoms with Crippen LogP contribution in [0, 0.1) is 20.8 Å². The van der Waals surface area contributed by atoms with Crippen molar-refractivity contribution in [2.45, 2.75) is 27.3 Å². The zero-order valence-corrected chi connectivity index (χ0v) is 15.0. The van der Waals surface area contributed by atoms with Crippen LogP contribution in [0.4, 0.5) is 0 Å². The quantitative estimate of drug-likeness (QED) is 0.764. The van der Waals surface area contributed by atoms with Gasteiger partial charge in [0.15, 0.2) is 0 Å². The summed E-state index contributed by atoms with van der Waals surface area (Å²) in [5, 5.41) is 11.8. The molecule has 0 spiro atoms. The lowest BCUT2D eigenvalue weighted by atomic mass is 10.1. The lowest BCUT2D eigenvalue weighted by molar-refractivity contribution is 0.0951. The number of rotatable bonds is 5. The number of nitrogens with zero attached hydrogens (tertiary/aromatic N) is 2. The van der Waals surface area contributed by atoms with Crippen LogP contribution in [0.2, 0.25) is 0 Å². The van der Waals surface area contributed by atoms with E-state index in [1.807, 2.05) is 42.8 Å². The number of aryl methyl sites for hydroxylation is 2. The van der Waals surface area contributed by atoms with Gasteiger partial charge in [0, 0.05) is 23.4 Å². The van der Waals surface area contributed by atoms with Crippen molar-refractivity contribution in [1.29, 1.82) is 0 Å². The first-order valence-corrected chi connectivity index (χ1v) is 8.92. The summed E-state index contributed by atoms with van der Waals surface area (Å²) >= 11 is 1.69. The van der Waals surface area contributed by atoms with Crippen molar-refractivity contribution in [2.75, 3.05) is 6.54 Å². The van der Waals surface area contributed by atoms with Gasteiger partial charge < -0.3 is 5.32 Å². The number of nitrogens with one attached hydrogen (secondary N) is 1. The molecule has 0 aliphatic carbocycles. The zero-order valence-electron chi connectivity index (χ0n) is 14.2. The van der Waals surface area contributed by atoms with Crippen LogP contribution in [-0.4, -0.2) is 22.2 Å². The van der Waals surface area contributed by atoms with E-state index in [0.29, 0.717) is 13.1 Å². The van der Waals surface area contributed by atoms with Gasteiger partial charge in [-0.3, -0.25) is 9.48 Å². The first kappa shape index (κ1) is 16.5. The van der Waals surface area contributed by atoms with Gasteiger partial charge in [-0.1, -0.05) is 18.2 Å². The van der Waals surface area contributed by atoms with Crippen molar-refractivity contribution in [3.63, 3.8) is 0 Å². The van der Waals surface area contributed by atoms with Crippen molar-refractivity contribution in [1.82, 2.24) is 15.1 Å². The fraction of sp³-hybridized carbons (Fsp3) is 0.263. The number of amides is 1. The number of benzene rings is 1. The molecule has 0 atom stereocenters. The second kappa shape index (κ2) is 7.01. The van der Waals surface area contributed by atoms with Crippen LogP contribution in [0.5, 0.6) is 0 Å². The molecule has 2 heterocycles. The summed E-state index contributed by atoms with van der Waals surface area (Å²) in [6.07, 6.45) is 0. The van der Waals surface area contributed by atoms with Gasteiger partial charge in [-0.05, 0) is 54.8 Å². The third-order valence-electron chi connectivity index (χ3n) is 4.19. The Morgan fingerprint density at radius 3 is 2.71 bits per heavy atom. The third-order valence-corrected chi connectivity index (χ3v) is 4.87. The number of carbonyl (C=O) groups excluding carboxylic acids is 1. The van der Waals surface area contributed by atoms with E-state index in [4.69, 9.17) is 0 Å². The zero-order chi connectivity index (χ0) is 17.1. The topological polar surface area (TPSA) is 46.9 Å². The molecule has 1 aromatic carbocycles. The highest BCUT2D eigenvalue weighted by Crippen LogP contribution is 2.28. The first-order chi connectivity index (χ1) is 11.6. The standard InChI is InChI=1S/C19H21N3OS/c1-13-6-4-5-7-17(13)19(23)20-9-10-22-15(3)18(14(2)21-22)16-8-11-24-12-16/h4-8,11-12H,9-10H2,1-3H3,(H,20,23). The molecular formula is C19H21N3OS. The molecule has 3 aromatic rings. The molecule has 0 aliphatic heterocycles.